The molecule has 6 heteroatoms. The van der Waals surface area contributed by atoms with Gasteiger partial charge in [0.2, 0.25) is 5.91 Å². The normalized spacial score (nSPS) is 14.9. The molecule has 0 saturated heterocycles. The molecule has 3 rings (SSSR count). The standard InChI is InChI=1S/C25H33N3O3/c1-19(2)31-18-22-13-7-6-12-21(22)17-26-23(29)25(14-8-9-15-25)28-24(30)27-16-20-10-4-3-5-11-20/h3-7,10-13,19H,8-9,14-18H2,1-2H3,(H,26,29)(H2,27,28,30). The van der Waals surface area contributed by atoms with Gasteiger partial charge in [-0.1, -0.05) is 67.4 Å². The number of urea groups is 1. The van der Waals surface area contributed by atoms with Crippen LogP contribution in [0.1, 0.15) is 56.2 Å². The van der Waals surface area contributed by atoms with E-state index in [4.69, 9.17) is 4.74 Å². The van der Waals surface area contributed by atoms with Gasteiger partial charge in [0.15, 0.2) is 0 Å². The van der Waals surface area contributed by atoms with Crippen molar-refractivity contribution in [1.29, 1.82) is 0 Å². The predicted molar refractivity (Wildman–Crippen MR) is 121 cm³/mol. The summed E-state index contributed by atoms with van der Waals surface area (Å²) in [6, 6.07) is 17.4. The third-order valence-electron chi connectivity index (χ3n) is 5.67. The van der Waals surface area contributed by atoms with E-state index in [2.05, 4.69) is 16.0 Å². The molecule has 31 heavy (non-hydrogen) atoms. The van der Waals surface area contributed by atoms with Crippen LogP contribution in [0, 0.1) is 0 Å². The van der Waals surface area contributed by atoms with Crippen molar-refractivity contribution in [3.8, 4) is 0 Å². The number of carbonyl (C=O) groups is 2. The summed E-state index contributed by atoms with van der Waals surface area (Å²) in [6.45, 7) is 5.35. The zero-order valence-corrected chi connectivity index (χ0v) is 18.4. The summed E-state index contributed by atoms with van der Waals surface area (Å²) in [5, 5.41) is 8.89. The molecule has 0 spiro atoms. The van der Waals surface area contributed by atoms with Crippen molar-refractivity contribution in [2.75, 3.05) is 0 Å². The number of ether oxygens (including phenoxy) is 1. The Hall–Kier alpha value is -2.86. The Labute approximate surface area is 184 Å². The average Bonchev–Trinajstić information content (AvgIpc) is 3.25. The number of amides is 3. The van der Waals surface area contributed by atoms with E-state index in [-0.39, 0.29) is 18.0 Å². The minimum atomic E-state index is -0.857. The topological polar surface area (TPSA) is 79.5 Å². The first-order valence-electron chi connectivity index (χ1n) is 11.1. The lowest BCUT2D eigenvalue weighted by atomic mass is 9.96. The number of rotatable bonds is 9. The second-order valence-electron chi connectivity index (χ2n) is 8.39. The van der Waals surface area contributed by atoms with E-state index in [1.54, 1.807) is 0 Å². The van der Waals surface area contributed by atoms with E-state index < -0.39 is 5.54 Å². The molecule has 0 atom stereocenters. The fourth-order valence-corrected chi connectivity index (χ4v) is 3.90. The van der Waals surface area contributed by atoms with E-state index in [1.165, 1.54) is 0 Å². The van der Waals surface area contributed by atoms with Gasteiger partial charge in [-0.3, -0.25) is 4.79 Å². The van der Waals surface area contributed by atoms with Crippen molar-refractivity contribution in [1.82, 2.24) is 16.0 Å². The van der Waals surface area contributed by atoms with E-state index in [0.29, 0.717) is 32.5 Å². The molecule has 3 N–H and O–H groups in total. The van der Waals surface area contributed by atoms with Gasteiger partial charge in [-0.2, -0.15) is 0 Å². The van der Waals surface area contributed by atoms with Crippen LogP contribution >= 0.6 is 0 Å². The molecule has 0 unspecified atom stereocenters. The van der Waals surface area contributed by atoms with Crippen LogP contribution in [-0.2, 0) is 29.2 Å². The summed E-state index contributed by atoms with van der Waals surface area (Å²) >= 11 is 0. The van der Waals surface area contributed by atoms with Gasteiger partial charge in [0.05, 0.1) is 12.7 Å². The Balaban J connectivity index is 1.58. The van der Waals surface area contributed by atoms with Crippen molar-refractivity contribution in [3.05, 3.63) is 71.3 Å². The van der Waals surface area contributed by atoms with Gasteiger partial charge in [-0.15, -0.1) is 0 Å². The Bertz CT molecular complexity index is 861. The summed E-state index contributed by atoms with van der Waals surface area (Å²) in [6.07, 6.45) is 3.28. The zero-order chi connectivity index (χ0) is 22.1. The Morgan fingerprint density at radius 1 is 0.903 bits per heavy atom. The first kappa shape index (κ1) is 22.8. The lowest BCUT2D eigenvalue weighted by Gasteiger charge is -2.29. The molecule has 1 fully saturated rings. The van der Waals surface area contributed by atoms with Crippen LogP contribution in [0.4, 0.5) is 4.79 Å². The summed E-state index contributed by atoms with van der Waals surface area (Å²) in [5.74, 6) is -0.126. The summed E-state index contributed by atoms with van der Waals surface area (Å²) in [7, 11) is 0. The molecule has 1 aliphatic carbocycles. The SMILES string of the molecule is CC(C)OCc1ccccc1CNC(=O)C1(NC(=O)NCc2ccccc2)CCCC1. The number of hydrogen-bond donors (Lipinski definition) is 3. The van der Waals surface area contributed by atoms with Crippen LogP contribution in [-0.4, -0.2) is 23.6 Å². The smallest absolute Gasteiger partial charge is 0.315 e. The van der Waals surface area contributed by atoms with Crippen molar-refractivity contribution in [2.24, 2.45) is 0 Å². The summed E-state index contributed by atoms with van der Waals surface area (Å²) in [5.41, 5.74) is 2.25. The minimum absolute atomic E-state index is 0.126. The molecule has 2 aromatic carbocycles. The molecule has 0 aromatic heterocycles. The van der Waals surface area contributed by atoms with E-state index in [0.717, 1.165) is 29.5 Å². The summed E-state index contributed by atoms with van der Waals surface area (Å²) in [4.78, 5) is 25.7. The van der Waals surface area contributed by atoms with E-state index >= 15 is 0 Å². The first-order valence-corrected chi connectivity index (χ1v) is 11.1. The molecule has 0 heterocycles. The maximum absolute atomic E-state index is 13.1. The second kappa shape index (κ2) is 11.0. The first-order chi connectivity index (χ1) is 15.0. The van der Waals surface area contributed by atoms with Crippen molar-refractivity contribution < 1.29 is 14.3 Å². The molecule has 166 valence electrons. The maximum atomic E-state index is 13.1. The van der Waals surface area contributed by atoms with Crippen molar-refractivity contribution in [2.45, 2.75) is 70.9 Å². The van der Waals surface area contributed by atoms with Gasteiger partial charge in [0, 0.05) is 13.1 Å². The van der Waals surface area contributed by atoms with E-state index in [1.807, 2.05) is 68.4 Å². The van der Waals surface area contributed by atoms with Gasteiger partial charge in [0.25, 0.3) is 0 Å². The lowest BCUT2D eigenvalue weighted by molar-refractivity contribution is -0.127. The highest BCUT2D eigenvalue weighted by atomic mass is 16.5. The highest BCUT2D eigenvalue weighted by Crippen LogP contribution is 2.30. The van der Waals surface area contributed by atoms with Crippen LogP contribution in [0.15, 0.2) is 54.6 Å². The Morgan fingerprint density at radius 2 is 1.55 bits per heavy atom. The fraction of sp³-hybridized carbons (Fsp3) is 0.440. The molecular weight excluding hydrogens is 390 g/mol. The van der Waals surface area contributed by atoms with Crippen LogP contribution in [0.25, 0.3) is 0 Å². The number of hydrogen-bond acceptors (Lipinski definition) is 3. The highest BCUT2D eigenvalue weighted by molar-refractivity contribution is 5.91. The monoisotopic (exact) mass is 423 g/mol. The molecule has 6 nitrogen and oxygen atoms in total. The molecule has 1 saturated carbocycles. The Morgan fingerprint density at radius 3 is 2.23 bits per heavy atom. The van der Waals surface area contributed by atoms with Crippen LogP contribution in [0.5, 0.6) is 0 Å². The predicted octanol–water partition coefficient (Wildman–Crippen LogP) is 4.04. The minimum Gasteiger partial charge on any atom is -0.374 e. The van der Waals surface area contributed by atoms with Gasteiger partial charge >= 0.3 is 6.03 Å². The van der Waals surface area contributed by atoms with Gasteiger partial charge in [0.1, 0.15) is 5.54 Å². The van der Waals surface area contributed by atoms with Crippen molar-refractivity contribution >= 4 is 11.9 Å². The lowest BCUT2D eigenvalue weighted by Crippen LogP contribution is -2.59. The second-order valence-corrected chi connectivity index (χ2v) is 8.39. The van der Waals surface area contributed by atoms with Crippen LogP contribution in [0.3, 0.4) is 0 Å². The number of carbonyl (C=O) groups excluding carboxylic acids is 2. The third-order valence-corrected chi connectivity index (χ3v) is 5.67. The van der Waals surface area contributed by atoms with Crippen LogP contribution < -0.4 is 16.0 Å². The van der Waals surface area contributed by atoms with Gasteiger partial charge in [-0.05, 0) is 43.4 Å². The fourth-order valence-electron chi connectivity index (χ4n) is 3.90. The highest BCUT2D eigenvalue weighted by Gasteiger charge is 2.42. The molecule has 0 bridgehead atoms. The molecule has 3 amide bonds. The average molecular weight is 424 g/mol. The maximum Gasteiger partial charge on any atom is 0.315 e. The molecule has 0 radical (unpaired) electrons. The number of nitrogens with one attached hydrogen (secondary N) is 3. The number of benzene rings is 2. The third kappa shape index (κ3) is 6.56. The molecule has 0 aliphatic heterocycles. The molecule has 1 aliphatic rings. The molecular formula is C25H33N3O3. The quantitative estimate of drug-likeness (QED) is 0.569. The Kier molecular flexibility index (Phi) is 8.06. The van der Waals surface area contributed by atoms with Crippen molar-refractivity contribution in [3.63, 3.8) is 0 Å². The van der Waals surface area contributed by atoms with E-state index in [9.17, 15) is 9.59 Å². The zero-order valence-electron chi connectivity index (χ0n) is 18.4. The summed E-state index contributed by atoms with van der Waals surface area (Å²) < 4.78 is 5.73. The van der Waals surface area contributed by atoms with Gasteiger partial charge in [-0.25, -0.2) is 4.79 Å². The van der Waals surface area contributed by atoms with Gasteiger partial charge < -0.3 is 20.7 Å². The largest absolute Gasteiger partial charge is 0.374 e. The van der Waals surface area contributed by atoms with Crippen LogP contribution in [0.2, 0.25) is 0 Å². The molecule has 2 aromatic rings.